The molecule has 1 N–H and O–H groups in total. The number of nitrogens with zero attached hydrogens (tertiary/aromatic N) is 3. The molecule has 0 aromatic heterocycles. The van der Waals surface area contributed by atoms with Gasteiger partial charge in [-0.1, -0.05) is 23.7 Å². The van der Waals surface area contributed by atoms with Gasteiger partial charge >= 0.3 is 0 Å². The van der Waals surface area contributed by atoms with Crippen LogP contribution in [0.4, 0.5) is 4.39 Å². The minimum atomic E-state index is -0.286. The largest absolute Gasteiger partial charge is 0.396 e. The summed E-state index contributed by atoms with van der Waals surface area (Å²) in [5.41, 5.74) is 9.88. The number of aliphatic hydroxyl groups excluding tert-OH is 1. The Morgan fingerprint density at radius 1 is 1.47 bits per heavy atom. The fourth-order valence-corrected chi connectivity index (χ4v) is 1.68. The van der Waals surface area contributed by atoms with Crippen molar-refractivity contribution in [1.82, 2.24) is 0 Å². The van der Waals surface area contributed by atoms with Crippen molar-refractivity contribution in [3.05, 3.63) is 45.6 Å². The average Bonchev–Trinajstić information content (AvgIpc) is 2.32. The Labute approximate surface area is 99.7 Å². The molecule has 0 aliphatic heterocycles. The lowest BCUT2D eigenvalue weighted by atomic mass is 10.00. The van der Waals surface area contributed by atoms with Gasteiger partial charge in [0, 0.05) is 11.5 Å². The second-order valence-electron chi connectivity index (χ2n) is 3.95. The van der Waals surface area contributed by atoms with Crippen LogP contribution in [0.2, 0.25) is 0 Å². The Morgan fingerprint density at radius 3 is 2.82 bits per heavy atom. The molecule has 1 rings (SSSR count). The molecule has 0 saturated heterocycles. The molecule has 1 atom stereocenters. The number of aryl methyl sites for hydroxylation is 1. The van der Waals surface area contributed by atoms with Crippen LogP contribution in [0.1, 0.15) is 36.4 Å². The van der Waals surface area contributed by atoms with E-state index < -0.39 is 0 Å². The molecule has 0 amide bonds. The molecule has 0 spiro atoms. The zero-order valence-corrected chi connectivity index (χ0v) is 9.80. The van der Waals surface area contributed by atoms with Gasteiger partial charge in [-0.2, -0.15) is 0 Å². The van der Waals surface area contributed by atoms with Gasteiger partial charge in [0.1, 0.15) is 5.82 Å². The highest BCUT2D eigenvalue weighted by Crippen LogP contribution is 2.25. The molecular weight excluding hydrogens is 221 g/mol. The second-order valence-corrected chi connectivity index (χ2v) is 3.95. The molecule has 92 valence electrons. The van der Waals surface area contributed by atoms with Crippen molar-refractivity contribution in [2.75, 3.05) is 6.61 Å². The number of azide groups is 1. The second kappa shape index (κ2) is 6.89. The monoisotopic (exact) mass is 237 g/mol. The van der Waals surface area contributed by atoms with E-state index in [2.05, 4.69) is 10.0 Å². The van der Waals surface area contributed by atoms with E-state index in [1.54, 1.807) is 19.1 Å². The number of unbranched alkanes of at least 4 members (excludes halogenated alkanes) is 1. The lowest BCUT2D eigenvalue weighted by molar-refractivity contribution is 0.281. The zero-order valence-electron chi connectivity index (χ0n) is 9.80. The van der Waals surface area contributed by atoms with Crippen LogP contribution >= 0.6 is 0 Å². The van der Waals surface area contributed by atoms with E-state index in [1.807, 2.05) is 0 Å². The van der Waals surface area contributed by atoms with Crippen LogP contribution < -0.4 is 0 Å². The van der Waals surface area contributed by atoms with E-state index in [0.717, 1.165) is 12.0 Å². The first-order valence-electron chi connectivity index (χ1n) is 5.60. The quantitative estimate of drug-likeness (QED) is 0.349. The zero-order chi connectivity index (χ0) is 12.7. The van der Waals surface area contributed by atoms with E-state index in [9.17, 15) is 4.39 Å². The summed E-state index contributed by atoms with van der Waals surface area (Å²) in [6.07, 6.45) is 2.12. The van der Waals surface area contributed by atoms with Crippen LogP contribution in [0.15, 0.2) is 23.3 Å². The van der Waals surface area contributed by atoms with E-state index in [-0.39, 0.29) is 18.5 Å². The number of aliphatic hydroxyl groups is 1. The lowest BCUT2D eigenvalue weighted by Gasteiger charge is -2.12. The number of hydrogen-bond acceptors (Lipinski definition) is 2. The molecule has 1 aromatic rings. The van der Waals surface area contributed by atoms with Crippen molar-refractivity contribution < 1.29 is 9.50 Å². The van der Waals surface area contributed by atoms with Gasteiger partial charge in [-0.3, -0.25) is 0 Å². The maximum Gasteiger partial charge on any atom is 0.126 e. The highest BCUT2D eigenvalue weighted by molar-refractivity contribution is 5.26. The highest BCUT2D eigenvalue weighted by Gasteiger charge is 2.10. The highest BCUT2D eigenvalue weighted by atomic mass is 19.1. The van der Waals surface area contributed by atoms with Crippen LogP contribution in [-0.4, -0.2) is 11.7 Å². The van der Waals surface area contributed by atoms with E-state index in [4.69, 9.17) is 10.6 Å². The fraction of sp³-hybridized carbons (Fsp3) is 0.500. The summed E-state index contributed by atoms with van der Waals surface area (Å²) in [5, 5.41) is 12.4. The van der Waals surface area contributed by atoms with E-state index >= 15 is 0 Å². The first-order chi connectivity index (χ1) is 8.19. The molecule has 0 heterocycles. The van der Waals surface area contributed by atoms with Crippen molar-refractivity contribution in [2.24, 2.45) is 5.11 Å². The van der Waals surface area contributed by atoms with Gasteiger partial charge in [0.05, 0.1) is 6.04 Å². The predicted molar refractivity (Wildman–Crippen MR) is 64.0 cm³/mol. The third kappa shape index (κ3) is 4.06. The van der Waals surface area contributed by atoms with Crippen LogP contribution in [0.5, 0.6) is 0 Å². The maximum atomic E-state index is 13.1. The minimum Gasteiger partial charge on any atom is -0.396 e. The van der Waals surface area contributed by atoms with Crippen LogP contribution in [-0.2, 0) is 0 Å². The standard InChI is InChI=1S/C12H16FN3O/c1-9-8-10(5-6-11(9)13)12(15-16-14)4-2-3-7-17/h5-6,8,12,17H,2-4,7H2,1H3. The molecule has 0 aliphatic rings. The van der Waals surface area contributed by atoms with Crippen molar-refractivity contribution in [2.45, 2.75) is 32.2 Å². The Bertz CT molecular complexity index is 416. The predicted octanol–water partition coefficient (Wildman–Crippen LogP) is 3.65. The Morgan fingerprint density at radius 2 is 2.24 bits per heavy atom. The smallest absolute Gasteiger partial charge is 0.126 e. The number of halogens is 1. The number of hydrogen-bond donors (Lipinski definition) is 1. The summed E-state index contributed by atoms with van der Waals surface area (Å²) in [5.74, 6) is -0.260. The molecular formula is C12H16FN3O. The SMILES string of the molecule is Cc1cc(C(CCCCO)N=[N+]=[N-])ccc1F. The molecule has 17 heavy (non-hydrogen) atoms. The molecule has 0 saturated carbocycles. The van der Waals surface area contributed by atoms with Gasteiger partial charge in [0.2, 0.25) is 0 Å². The Kier molecular flexibility index (Phi) is 5.46. The van der Waals surface area contributed by atoms with Crippen molar-refractivity contribution in [3.63, 3.8) is 0 Å². The summed E-state index contributed by atoms with van der Waals surface area (Å²) >= 11 is 0. The summed E-state index contributed by atoms with van der Waals surface area (Å²) in [7, 11) is 0. The van der Waals surface area contributed by atoms with Gasteiger partial charge in [-0.25, -0.2) is 4.39 Å². The van der Waals surface area contributed by atoms with Gasteiger partial charge < -0.3 is 5.11 Å². The molecule has 0 bridgehead atoms. The topological polar surface area (TPSA) is 69.0 Å². The first kappa shape index (κ1) is 13.5. The molecule has 0 fully saturated rings. The molecule has 1 unspecified atom stereocenters. The third-order valence-corrected chi connectivity index (χ3v) is 2.64. The summed E-state index contributed by atoms with van der Waals surface area (Å²) in [6.45, 7) is 1.81. The minimum absolute atomic E-state index is 0.130. The van der Waals surface area contributed by atoms with Gasteiger partial charge in [-0.05, 0) is 42.5 Å². The summed E-state index contributed by atoms with van der Waals surface area (Å²) < 4.78 is 13.1. The Balaban J connectivity index is 2.81. The summed E-state index contributed by atoms with van der Waals surface area (Å²) in [6, 6.07) is 4.44. The van der Waals surface area contributed by atoms with Crippen molar-refractivity contribution >= 4 is 0 Å². The molecule has 0 aliphatic carbocycles. The van der Waals surface area contributed by atoms with Gasteiger partial charge in [0.25, 0.3) is 0 Å². The van der Waals surface area contributed by atoms with Crippen LogP contribution in [0, 0.1) is 12.7 Å². The number of rotatable bonds is 6. The first-order valence-corrected chi connectivity index (χ1v) is 5.60. The molecule has 5 heteroatoms. The average molecular weight is 237 g/mol. The van der Waals surface area contributed by atoms with Crippen LogP contribution in [0.3, 0.4) is 0 Å². The molecule has 0 radical (unpaired) electrons. The van der Waals surface area contributed by atoms with Gasteiger partial charge in [0.15, 0.2) is 0 Å². The number of benzene rings is 1. The summed E-state index contributed by atoms with van der Waals surface area (Å²) in [4.78, 5) is 2.81. The van der Waals surface area contributed by atoms with E-state index in [0.29, 0.717) is 18.4 Å². The molecule has 4 nitrogen and oxygen atoms in total. The molecule has 1 aromatic carbocycles. The van der Waals surface area contributed by atoms with Crippen molar-refractivity contribution in [1.29, 1.82) is 0 Å². The normalized spacial score (nSPS) is 11.9. The van der Waals surface area contributed by atoms with E-state index in [1.165, 1.54) is 6.07 Å². The third-order valence-electron chi connectivity index (χ3n) is 2.64. The maximum absolute atomic E-state index is 13.1. The van der Waals surface area contributed by atoms with Gasteiger partial charge in [-0.15, -0.1) is 0 Å². The lowest BCUT2D eigenvalue weighted by Crippen LogP contribution is -1.97. The van der Waals surface area contributed by atoms with Crippen molar-refractivity contribution in [3.8, 4) is 0 Å². The fourth-order valence-electron chi connectivity index (χ4n) is 1.68. The van der Waals surface area contributed by atoms with Crippen LogP contribution in [0.25, 0.3) is 10.4 Å². The Hall–Kier alpha value is -1.58.